The summed E-state index contributed by atoms with van der Waals surface area (Å²) >= 11 is 1.59. The molecule has 3 aromatic heterocycles. The molecule has 0 aliphatic rings. The Kier molecular flexibility index (Phi) is 2.15. The van der Waals surface area contributed by atoms with Crippen LogP contribution in [0.2, 0.25) is 0 Å². The van der Waals surface area contributed by atoms with Gasteiger partial charge in [-0.2, -0.15) is 11.3 Å². The highest BCUT2D eigenvalue weighted by Crippen LogP contribution is 2.23. The zero-order valence-electron chi connectivity index (χ0n) is 8.57. The maximum atomic E-state index is 11.0. The molecule has 0 saturated carbocycles. The fraction of sp³-hybridized carbons (Fsp3) is 0. The van der Waals surface area contributed by atoms with E-state index < -0.39 is 5.97 Å². The van der Waals surface area contributed by atoms with Gasteiger partial charge in [0.2, 0.25) is 0 Å². The number of nitrogens with zero attached hydrogens (tertiary/aromatic N) is 3. The van der Waals surface area contributed by atoms with E-state index in [9.17, 15) is 4.79 Å². The first-order valence-corrected chi connectivity index (χ1v) is 5.79. The Morgan fingerprint density at radius 2 is 2.24 bits per heavy atom. The number of carboxylic acid groups (broad SMARTS) is 1. The lowest BCUT2D eigenvalue weighted by atomic mass is 10.2. The second kappa shape index (κ2) is 3.67. The van der Waals surface area contributed by atoms with Gasteiger partial charge in [0.05, 0.1) is 5.69 Å². The summed E-state index contributed by atoms with van der Waals surface area (Å²) in [5.74, 6) is -1.07. The van der Waals surface area contributed by atoms with Crippen LogP contribution >= 0.6 is 11.3 Å². The molecule has 0 aliphatic heterocycles. The predicted octanol–water partition coefficient (Wildman–Crippen LogP) is 2.16. The summed E-state index contributed by atoms with van der Waals surface area (Å²) in [4.78, 5) is 18.9. The Bertz CT molecular complexity index is 688. The summed E-state index contributed by atoms with van der Waals surface area (Å²) in [7, 11) is 0. The van der Waals surface area contributed by atoms with Gasteiger partial charge in [-0.1, -0.05) is 0 Å². The number of hydrogen-bond donors (Lipinski definition) is 1. The number of fused-ring (bicyclic) bond motifs is 1. The average molecular weight is 245 g/mol. The maximum absolute atomic E-state index is 11.0. The zero-order valence-corrected chi connectivity index (χ0v) is 9.39. The summed E-state index contributed by atoms with van der Waals surface area (Å²) in [6, 6.07) is 3.81. The first-order valence-electron chi connectivity index (χ1n) is 4.85. The summed E-state index contributed by atoms with van der Waals surface area (Å²) in [5, 5.41) is 12.9. The highest BCUT2D eigenvalue weighted by atomic mass is 32.1. The standard InChI is InChI=1S/C11H7N3O2S/c15-11(16)9-10-12-3-1-8(14(10)6-13-9)7-2-4-17-5-7/h1-6H,(H,15,16). The normalized spacial score (nSPS) is 10.8. The van der Waals surface area contributed by atoms with E-state index in [4.69, 9.17) is 5.11 Å². The monoisotopic (exact) mass is 245 g/mol. The van der Waals surface area contributed by atoms with E-state index in [-0.39, 0.29) is 5.69 Å². The van der Waals surface area contributed by atoms with Crippen LogP contribution in [0.25, 0.3) is 16.9 Å². The van der Waals surface area contributed by atoms with Gasteiger partial charge in [0.25, 0.3) is 0 Å². The molecule has 1 N–H and O–H groups in total. The van der Waals surface area contributed by atoms with Crippen molar-refractivity contribution >= 4 is 23.0 Å². The first kappa shape index (κ1) is 9.98. The highest BCUT2D eigenvalue weighted by molar-refractivity contribution is 7.08. The highest BCUT2D eigenvalue weighted by Gasteiger charge is 2.15. The molecule has 0 aromatic carbocycles. The smallest absolute Gasteiger partial charge is 0.358 e. The average Bonchev–Trinajstić information content (AvgIpc) is 2.97. The van der Waals surface area contributed by atoms with E-state index >= 15 is 0 Å². The summed E-state index contributed by atoms with van der Waals surface area (Å²) in [5.41, 5.74) is 2.25. The third kappa shape index (κ3) is 1.50. The quantitative estimate of drug-likeness (QED) is 0.751. The zero-order chi connectivity index (χ0) is 11.8. The van der Waals surface area contributed by atoms with Gasteiger partial charge < -0.3 is 5.11 Å². The Labute approximate surface area is 100 Å². The third-order valence-corrected chi connectivity index (χ3v) is 3.13. The Balaban J connectivity index is 2.32. The largest absolute Gasteiger partial charge is 0.476 e. The maximum Gasteiger partial charge on any atom is 0.358 e. The lowest BCUT2D eigenvalue weighted by Gasteiger charge is -2.01. The van der Waals surface area contributed by atoms with E-state index in [0.29, 0.717) is 5.65 Å². The van der Waals surface area contributed by atoms with Crippen molar-refractivity contribution in [3.63, 3.8) is 0 Å². The van der Waals surface area contributed by atoms with Gasteiger partial charge in [-0.3, -0.25) is 4.40 Å². The Morgan fingerprint density at radius 1 is 1.35 bits per heavy atom. The van der Waals surface area contributed by atoms with Gasteiger partial charge in [0.1, 0.15) is 6.33 Å². The van der Waals surface area contributed by atoms with Crippen molar-refractivity contribution in [1.29, 1.82) is 0 Å². The molecule has 5 nitrogen and oxygen atoms in total. The van der Waals surface area contributed by atoms with Gasteiger partial charge in [-0.05, 0) is 17.5 Å². The topological polar surface area (TPSA) is 67.5 Å². The van der Waals surface area contributed by atoms with Crippen LogP contribution in [0.4, 0.5) is 0 Å². The lowest BCUT2D eigenvalue weighted by molar-refractivity contribution is 0.0693. The van der Waals surface area contributed by atoms with Crippen LogP contribution in [0, 0.1) is 0 Å². The van der Waals surface area contributed by atoms with Crippen molar-refractivity contribution in [2.45, 2.75) is 0 Å². The van der Waals surface area contributed by atoms with E-state index in [1.165, 1.54) is 6.33 Å². The molecule has 0 spiro atoms. The van der Waals surface area contributed by atoms with E-state index in [0.717, 1.165) is 11.3 Å². The number of thiophene rings is 1. The molecular formula is C11H7N3O2S. The number of imidazole rings is 1. The van der Waals surface area contributed by atoms with Crippen molar-refractivity contribution in [3.05, 3.63) is 41.1 Å². The molecule has 0 atom stereocenters. The predicted molar refractivity (Wildman–Crippen MR) is 63.3 cm³/mol. The van der Waals surface area contributed by atoms with Gasteiger partial charge >= 0.3 is 5.97 Å². The summed E-state index contributed by atoms with van der Waals surface area (Å²) < 4.78 is 1.69. The lowest BCUT2D eigenvalue weighted by Crippen LogP contribution is -1.99. The van der Waals surface area contributed by atoms with E-state index in [1.807, 2.05) is 22.9 Å². The van der Waals surface area contributed by atoms with Crippen molar-refractivity contribution in [2.24, 2.45) is 0 Å². The number of carbonyl (C=O) groups is 1. The van der Waals surface area contributed by atoms with Gasteiger partial charge in [0, 0.05) is 17.1 Å². The number of hydrogen-bond acceptors (Lipinski definition) is 4. The van der Waals surface area contributed by atoms with E-state index in [2.05, 4.69) is 9.97 Å². The molecule has 0 fully saturated rings. The van der Waals surface area contributed by atoms with E-state index in [1.54, 1.807) is 21.9 Å². The van der Waals surface area contributed by atoms with Crippen LogP contribution in [0.3, 0.4) is 0 Å². The molecule has 3 heterocycles. The van der Waals surface area contributed by atoms with Crippen LogP contribution in [0.15, 0.2) is 35.4 Å². The number of carboxylic acids is 1. The Hall–Kier alpha value is -2.21. The molecule has 0 unspecified atom stereocenters. The van der Waals surface area contributed by atoms with Crippen molar-refractivity contribution in [3.8, 4) is 11.3 Å². The van der Waals surface area contributed by atoms with Crippen LogP contribution in [-0.4, -0.2) is 25.4 Å². The molecule has 0 saturated heterocycles. The summed E-state index contributed by atoms with van der Waals surface area (Å²) in [6.45, 7) is 0. The molecule has 0 radical (unpaired) electrons. The minimum Gasteiger partial charge on any atom is -0.476 e. The SMILES string of the molecule is O=C(O)c1ncn2c(-c3ccsc3)ccnc12. The van der Waals surface area contributed by atoms with Gasteiger partial charge in [0.15, 0.2) is 11.3 Å². The molecule has 3 rings (SSSR count). The second-order valence-corrected chi connectivity index (χ2v) is 4.21. The molecule has 0 amide bonds. The minimum absolute atomic E-state index is 0.0259. The third-order valence-electron chi connectivity index (χ3n) is 2.45. The number of aromatic nitrogens is 3. The molecular weight excluding hydrogens is 238 g/mol. The summed E-state index contributed by atoms with van der Waals surface area (Å²) in [6.07, 6.45) is 3.08. The van der Waals surface area contributed by atoms with Crippen molar-refractivity contribution in [2.75, 3.05) is 0 Å². The minimum atomic E-state index is -1.07. The van der Waals surface area contributed by atoms with Crippen molar-refractivity contribution < 1.29 is 9.90 Å². The number of rotatable bonds is 2. The molecule has 6 heteroatoms. The van der Waals surface area contributed by atoms with Gasteiger partial charge in [-0.25, -0.2) is 14.8 Å². The van der Waals surface area contributed by atoms with Crippen LogP contribution in [0.5, 0.6) is 0 Å². The van der Waals surface area contributed by atoms with Crippen LogP contribution < -0.4 is 0 Å². The molecule has 0 aliphatic carbocycles. The van der Waals surface area contributed by atoms with Crippen molar-refractivity contribution in [1.82, 2.24) is 14.4 Å². The molecule has 0 bridgehead atoms. The fourth-order valence-electron chi connectivity index (χ4n) is 1.70. The second-order valence-electron chi connectivity index (χ2n) is 3.43. The molecule has 17 heavy (non-hydrogen) atoms. The molecule has 84 valence electrons. The Morgan fingerprint density at radius 3 is 2.94 bits per heavy atom. The first-order chi connectivity index (χ1) is 8.27. The fourth-order valence-corrected chi connectivity index (χ4v) is 2.35. The van der Waals surface area contributed by atoms with Gasteiger partial charge in [-0.15, -0.1) is 0 Å². The van der Waals surface area contributed by atoms with Crippen LogP contribution in [0.1, 0.15) is 10.5 Å². The number of aromatic carboxylic acids is 1. The molecule has 3 aromatic rings. The van der Waals surface area contributed by atoms with Crippen LogP contribution in [-0.2, 0) is 0 Å².